The van der Waals surface area contributed by atoms with Crippen LogP contribution < -0.4 is 10.0 Å². The summed E-state index contributed by atoms with van der Waals surface area (Å²) in [5.74, 6) is -0.735. The molecule has 1 heterocycles. The number of nitrogens with one attached hydrogen (secondary N) is 2. The molecule has 0 aromatic heterocycles. The standard InChI is InChI=1S/C20H30FN3O4S/c1-12(2)17-9-15(21)10-18(13(3)4)19(17)22-20(26)23-29(27,28)16-7-6-8-24(11-16)14(5)25/h9-10,12-13,16H,6-8,11H2,1-5H3,(H2,22,23,26). The van der Waals surface area contributed by atoms with Gasteiger partial charge in [-0.05, 0) is 47.9 Å². The topological polar surface area (TPSA) is 95.6 Å². The van der Waals surface area contributed by atoms with Crippen LogP contribution in [0.15, 0.2) is 12.1 Å². The monoisotopic (exact) mass is 427 g/mol. The molecule has 2 N–H and O–H groups in total. The highest BCUT2D eigenvalue weighted by molar-refractivity contribution is 7.90. The second-order valence-electron chi connectivity index (χ2n) is 8.10. The number of likely N-dealkylation sites (tertiary alicyclic amines) is 1. The van der Waals surface area contributed by atoms with Crippen LogP contribution in [0.25, 0.3) is 0 Å². The highest BCUT2D eigenvalue weighted by Gasteiger charge is 2.33. The summed E-state index contributed by atoms with van der Waals surface area (Å²) in [6.45, 7) is 9.45. The zero-order chi connectivity index (χ0) is 21.9. The molecule has 1 atom stereocenters. The Hall–Kier alpha value is -2.16. The van der Waals surface area contributed by atoms with E-state index < -0.39 is 27.1 Å². The van der Waals surface area contributed by atoms with Crippen LogP contribution in [0.4, 0.5) is 14.9 Å². The summed E-state index contributed by atoms with van der Waals surface area (Å²) < 4.78 is 41.4. The van der Waals surface area contributed by atoms with Crippen LogP contribution in [0.3, 0.4) is 0 Å². The maximum Gasteiger partial charge on any atom is 0.332 e. The van der Waals surface area contributed by atoms with Gasteiger partial charge in [0, 0.05) is 25.7 Å². The van der Waals surface area contributed by atoms with Crippen molar-refractivity contribution in [2.75, 3.05) is 18.4 Å². The van der Waals surface area contributed by atoms with Gasteiger partial charge in [0.05, 0.1) is 5.25 Å². The third-order valence-corrected chi connectivity index (χ3v) is 6.88. The van der Waals surface area contributed by atoms with Gasteiger partial charge in [0.15, 0.2) is 0 Å². The Kier molecular flexibility index (Phi) is 7.26. The lowest BCUT2D eigenvalue weighted by Gasteiger charge is -2.31. The van der Waals surface area contributed by atoms with Crippen molar-refractivity contribution in [3.05, 3.63) is 29.1 Å². The van der Waals surface area contributed by atoms with Gasteiger partial charge in [-0.15, -0.1) is 0 Å². The van der Waals surface area contributed by atoms with Crippen LogP contribution in [0.2, 0.25) is 0 Å². The maximum absolute atomic E-state index is 14.0. The predicted molar refractivity (Wildman–Crippen MR) is 111 cm³/mol. The van der Waals surface area contributed by atoms with E-state index in [1.54, 1.807) is 0 Å². The zero-order valence-electron chi connectivity index (χ0n) is 17.6. The number of amides is 3. The maximum atomic E-state index is 14.0. The summed E-state index contributed by atoms with van der Waals surface area (Å²) in [7, 11) is -3.97. The Morgan fingerprint density at radius 2 is 1.69 bits per heavy atom. The summed E-state index contributed by atoms with van der Waals surface area (Å²) in [6, 6.07) is 1.82. The van der Waals surface area contributed by atoms with Crippen molar-refractivity contribution in [1.29, 1.82) is 0 Å². The van der Waals surface area contributed by atoms with Crippen LogP contribution in [0.1, 0.15) is 70.4 Å². The minimum atomic E-state index is -3.97. The van der Waals surface area contributed by atoms with Gasteiger partial charge in [-0.25, -0.2) is 22.3 Å². The van der Waals surface area contributed by atoms with Gasteiger partial charge in [0.1, 0.15) is 5.82 Å². The van der Waals surface area contributed by atoms with E-state index in [2.05, 4.69) is 10.0 Å². The number of benzene rings is 1. The normalized spacial score (nSPS) is 17.5. The molecule has 1 fully saturated rings. The Balaban J connectivity index is 2.23. The molecular formula is C20H30FN3O4S. The van der Waals surface area contributed by atoms with Gasteiger partial charge in [-0.2, -0.15) is 0 Å². The van der Waals surface area contributed by atoms with Crippen LogP contribution >= 0.6 is 0 Å². The predicted octanol–water partition coefficient (Wildman–Crippen LogP) is 3.53. The first kappa shape index (κ1) is 23.1. The van der Waals surface area contributed by atoms with Gasteiger partial charge in [0.2, 0.25) is 15.9 Å². The fourth-order valence-corrected chi connectivity index (χ4v) is 4.86. The third-order valence-electron chi connectivity index (χ3n) is 5.14. The first-order valence-corrected chi connectivity index (χ1v) is 11.4. The van der Waals surface area contributed by atoms with Gasteiger partial charge in [-0.1, -0.05) is 27.7 Å². The number of sulfonamides is 1. The number of urea groups is 1. The van der Waals surface area contributed by atoms with Gasteiger partial charge in [0.25, 0.3) is 0 Å². The third kappa shape index (κ3) is 5.68. The number of halogens is 1. The Morgan fingerprint density at radius 3 is 2.17 bits per heavy atom. The Labute approximate surface area is 172 Å². The molecule has 0 spiro atoms. The molecular weight excluding hydrogens is 397 g/mol. The van der Waals surface area contributed by atoms with E-state index in [0.717, 1.165) is 0 Å². The average Bonchev–Trinajstić information content (AvgIpc) is 2.62. The lowest BCUT2D eigenvalue weighted by Crippen LogP contribution is -2.49. The summed E-state index contributed by atoms with van der Waals surface area (Å²) in [4.78, 5) is 25.6. The summed E-state index contributed by atoms with van der Waals surface area (Å²) >= 11 is 0. The first-order chi connectivity index (χ1) is 13.4. The van der Waals surface area contributed by atoms with Crippen LogP contribution in [0, 0.1) is 5.82 Å². The number of carbonyl (C=O) groups excluding carboxylic acids is 2. The molecule has 9 heteroatoms. The van der Waals surface area contributed by atoms with E-state index in [1.165, 1.54) is 24.0 Å². The molecule has 0 radical (unpaired) electrons. The number of anilines is 1. The van der Waals surface area contributed by atoms with E-state index in [9.17, 15) is 22.4 Å². The highest BCUT2D eigenvalue weighted by Crippen LogP contribution is 2.33. The molecule has 0 saturated carbocycles. The largest absolute Gasteiger partial charge is 0.342 e. The van der Waals surface area contributed by atoms with E-state index in [4.69, 9.17) is 0 Å². The van der Waals surface area contributed by atoms with Crippen molar-refractivity contribution >= 4 is 27.6 Å². The average molecular weight is 428 g/mol. The van der Waals surface area contributed by atoms with Crippen molar-refractivity contribution in [3.63, 3.8) is 0 Å². The lowest BCUT2D eigenvalue weighted by atomic mass is 9.92. The Morgan fingerprint density at radius 1 is 1.14 bits per heavy atom. The molecule has 0 aliphatic carbocycles. The quantitative estimate of drug-likeness (QED) is 0.751. The van der Waals surface area contributed by atoms with Crippen LogP contribution in [-0.4, -0.2) is 43.6 Å². The number of nitrogens with zero attached hydrogens (tertiary/aromatic N) is 1. The molecule has 3 amide bonds. The number of hydrogen-bond donors (Lipinski definition) is 2. The fourth-order valence-electron chi connectivity index (χ4n) is 3.53. The van der Waals surface area contributed by atoms with Gasteiger partial charge in [-0.3, -0.25) is 4.79 Å². The molecule has 2 rings (SSSR count). The molecule has 1 unspecified atom stereocenters. The number of piperidine rings is 1. The minimum Gasteiger partial charge on any atom is -0.342 e. The van der Waals surface area contributed by atoms with Gasteiger partial charge < -0.3 is 10.2 Å². The van der Waals surface area contributed by atoms with E-state index in [0.29, 0.717) is 36.2 Å². The van der Waals surface area contributed by atoms with Crippen molar-refractivity contribution in [1.82, 2.24) is 9.62 Å². The second kappa shape index (κ2) is 9.11. The number of hydrogen-bond acceptors (Lipinski definition) is 4. The summed E-state index contributed by atoms with van der Waals surface area (Å²) in [5, 5.41) is 1.77. The van der Waals surface area contributed by atoms with Crippen LogP contribution in [-0.2, 0) is 14.8 Å². The molecule has 0 bridgehead atoms. The van der Waals surface area contributed by atoms with E-state index >= 15 is 0 Å². The molecule has 1 aliphatic rings. The summed E-state index contributed by atoms with van der Waals surface area (Å²) in [5.41, 5.74) is 1.63. The smallest absolute Gasteiger partial charge is 0.332 e. The number of carbonyl (C=O) groups is 2. The van der Waals surface area contributed by atoms with Crippen LogP contribution in [0.5, 0.6) is 0 Å². The highest BCUT2D eigenvalue weighted by atomic mass is 32.2. The Bertz CT molecular complexity index is 855. The van der Waals surface area contributed by atoms with Gasteiger partial charge >= 0.3 is 6.03 Å². The molecule has 1 saturated heterocycles. The zero-order valence-corrected chi connectivity index (χ0v) is 18.4. The van der Waals surface area contributed by atoms with E-state index in [1.807, 2.05) is 27.7 Å². The van der Waals surface area contributed by atoms with Crippen molar-refractivity contribution < 1.29 is 22.4 Å². The second-order valence-corrected chi connectivity index (χ2v) is 10.1. The molecule has 29 heavy (non-hydrogen) atoms. The van der Waals surface area contributed by atoms with Crippen molar-refractivity contribution in [3.8, 4) is 0 Å². The number of rotatable bonds is 5. The molecule has 1 aromatic carbocycles. The molecule has 1 aliphatic heterocycles. The summed E-state index contributed by atoms with van der Waals surface area (Å²) in [6.07, 6.45) is 0.928. The minimum absolute atomic E-state index is 0.0585. The first-order valence-electron chi connectivity index (χ1n) is 9.83. The lowest BCUT2D eigenvalue weighted by molar-refractivity contribution is -0.129. The molecule has 1 aromatic rings. The molecule has 7 nitrogen and oxygen atoms in total. The SMILES string of the molecule is CC(=O)N1CCCC(S(=O)(=O)NC(=O)Nc2c(C(C)C)cc(F)cc2C(C)C)C1. The fraction of sp³-hybridized carbons (Fsp3) is 0.600. The molecule has 162 valence electrons. The van der Waals surface area contributed by atoms with Crippen molar-refractivity contribution in [2.45, 2.75) is 64.5 Å². The van der Waals surface area contributed by atoms with E-state index in [-0.39, 0.29) is 24.3 Å². The van der Waals surface area contributed by atoms with Crippen molar-refractivity contribution in [2.24, 2.45) is 0 Å².